The summed E-state index contributed by atoms with van der Waals surface area (Å²) < 4.78 is 7.05. The molecule has 0 aliphatic carbocycles. The maximum Gasteiger partial charge on any atom is 0.321 e. The number of nitrogens with one attached hydrogen (secondary N) is 1. The highest BCUT2D eigenvalue weighted by Crippen LogP contribution is 2.13. The minimum atomic E-state index is -0.168. The normalized spacial score (nSPS) is 14.0. The number of carbonyl (C=O) groups excluding carboxylic acids is 2. The summed E-state index contributed by atoms with van der Waals surface area (Å²) in [5.74, 6) is -0.00584. The van der Waals surface area contributed by atoms with Gasteiger partial charge in [0.15, 0.2) is 0 Å². The van der Waals surface area contributed by atoms with E-state index in [0.717, 1.165) is 18.4 Å². The van der Waals surface area contributed by atoms with Crippen molar-refractivity contribution in [3.63, 3.8) is 0 Å². The summed E-state index contributed by atoms with van der Waals surface area (Å²) in [7, 11) is 3.66. The van der Waals surface area contributed by atoms with Crippen LogP contribution in [0.2, 0.25) is 0 Å². The molecule has 150 valence electrons. The molecule has 2 aromatic rings. The number of nitrogens with zero attached hydrogens (tertiary/aromatic N) is 4. The lowest BCUT2D eigenvalue weighted by molar-refractivity contribution is 0.0303. The van der Waals surface area contributed by atoms with E-state index in [9.17, 15) is 9.59 Å². The van der Waals surface area contributed by atoms with Crippen LogP contribution in [0.5, 0.6) is 0 Å². The number of benzene rings is 1. The monoisotopic (exact) mass is 385 g/mol. The van der Waals surface area contributed by atoms with Crippen LogP contribution in [0.4, 0.5) is 10.5 Å². The molecule has 0 bridgehead atoms. The smallest absolute Gasteiger partial charge is 0.321 e. The van der Waals surface area contributed by atoms with Crippen LogP contribution >= 0.6 is 0 Å². The molecule has 1 aliphatic rings. The van der Waals surface area contributed by atoms with Crippen molar-refractivity contribution in [1.82, 2.24) is 19.6 Å². The van der Waals surface area contributed by atoms with Gasteiger partial charge in [-0.1, -0.05) is 0 Å². The van der Waals surface area contributed by atoms with Crippen molar-refractivity contribution >= 4 is 17.6 Å². The number of anilines is 1. The zero-order valence-electron chi connectivity index (χ0n) is 16.4. The first-order valence-corrected chi connectivity index (χ1v) is 9.49. The lowest BCUT2D eigenvalue weighted by Gasteiger charge is -2.26. The SMILES string of the molecule is CN(CCCc1cnn(C)c1)C(=O)Nc1ccc(C(=O)N2CCOCC2)cc1. The fourth-order valence-electron chi connectivity index (χ4n) is 3.09. The van der Waals surface area contributed by atoms with Crippen LogP contribution in [-0.2, 0) is 18.2 Å². The summed E-state index contributed by atoms with van der Waals surface area (Å²) >= 11 is 0. The average Bonchev–Trinajstić information content (AvgIpc) is 3.13. The van der Waals surface area contributed by atoms with Crippen molar-refractivity contribution in [2.24, 2.45) is 7.05 Å². The van der Waals surface area contributed by atoms with E-state index in [1.807, 2.05) is 19.4 Å². The van der Waals surface area contributed by atoms with E-state index in [0.29, 0.717) is 44.1 Å². The highest BCUT2D eigenvalue weighted by molar-refractivity contribution is 5.95. The second-order valence-corrected chi connectivity index (χ2v) is 6.96. The van der Waals surface area contributed by atoms with Gasteiger partial charge in [0, 0.05) is 51.2 Å². The first-order valence-electron chi connectivity index (χ1n) is 9.49. The number of aromatic nitrogens is 2. The molecule has 8 heteroatoms. The molecule has 3 rings (SSSR count). The van der Waals surface area contributed by atoms with Crippen LogP contribution in [-0.4, -0.2) is 71.4 Å². The third kappa shape index (κ3) is 5.32. The molecule has 2 heterocycles. The van der Waals surface area contributed by atoms with E-state index in [1.165, 1.54) is 0 Å². The number of amides is 3. The van der Waals surface area contributed by atoms with E-state index in [2.05, 4.69) is 10.4 Å². The Hall–Kier alpha value is -2.87. The Labute approximate surface area is 165 Å². The maximum atomic E-state index is 12.4. The first-order chi connectivity index (χ1) is 13.5. The van der Waals surface area contributed by atoms with Gasteiger partial charge in [0.2, 0.25) is 0 Å². The Kier molecular flexibility index (Phi) is 6.65. The third-order valence-corrected chi connectivity index (χ3v) is 4.75. The molecule has 1 N–H and O–H groups in total. The van der Waals surface area contributed by atoms with Crippen LogP contribution in [0.15, 0.2) is 36.7 Å². The lowest BCUT2D eigenvalue weighted by atomic mass is 10.1. The van der Waals surface area contributed by atoms with E-state index < -0.39 is 0 Å². The minimum absolute atomic E-state index is 0.00584. The Morgan fingerprint density at radius 3 is 2.57 bits per heavy atom. The molecule has 1 aromatic carbocycles. The predicted molar refractivity (Wildman–Crippen MR) is 106 cm³/mol. The van der Waals surface area contributed by atoms with E-state index in [1.54, 1.807) is 45.8 Å². The number of hydrogen-bond acceptors (Lipinski definition) is 4. The molecule has 1 aliphatic heterocycles. The summed E-state index contributed by atoms with van der Waals surface area (Å²) in [4.78, 5) is 28.2. The van der Waals surface area contributed by atoms with Crippen molar-refractivity contribution in [1.29, 1.82) is 0 Å². The van der Waals surface area contributed by atoms with Gasteiger partial charge < -0.3 is 19.9 Å². The van der Waals surface area contributed by atoms with Crippen molar-refractivity contribution < 1.29 is 14.3 Å². The van der Waals surface area contributed by atoms with E-state index in [4.69, 9.17) is 4.74 Å². The van der Waals surface area contributed by atoms with Gasteiger partial charge in [-0.25, -0.2) is 4.79 Å². The van der Waals surface area contributed by atoms with Gasteiger partial charge >= 0.3 is 6.03 Å². The number of hydrogen-bond donors (Lipinski definition) is 1. The van der Waals surface area contributed by atoms with Crippen molar-refractivity contribution in [3.05, 3.63) is 47.8 Å². The van der Waals surface area contributed by atoms with Gasteiger partial charge in [0.1, 0.15) is 0 Å². The third-order valence-electron chi connectivity index (χ3n) is 4.75. The second kappa shape index (κ2) is 9.36. The molecule has 0 radical (unpaired) electrons. The van der Waals surface area contributed by atoms with Crippen LogP contribution in [0.3, 0.4) is 0 Å². The summed E-state index contributed by atoms with van der Waals surface area (Å²) in [5.41, 5.74) is 2.45. The molecule has 1 fully saturated rings. The van der Waals surface area contributed by atoms with Crippen molar-refractivity contribution in [3.8, 4) is 0 Å². The lowest BCUT2D eigenvalue weighted by Crippen LogP contribution is -2.40. The summed E-state index contributed by atoms with van der Waals surface area (Å²) in [6.07, 6.45) is 5.58. The highest BCUT2D eigenvalue weighted by Gasteiger charge is 2.18. The fourth-order valence-corrected chi connectivity index (χ4v) is 3.09. The summed E-state index contributed by atoms with van der Waals surface area (Å²) in [6, 6.07) is 6.84. The van der Waals surface area contributed by atoms with E-state index in [-0.39, 0.29) is 11.9 Å². The Morgan fingerprint density at radius 2 is 1.93 bits per heavy atom. The Balaban J connectivity index is 1.45. The van der Waals surface area contributed by atoms with Gasteiger partial charge in [-0.3, -0.25) is 9.48 Å². The quantitative estimate of drug-likeness (QED) is 0.825. The second-order valence-electron chi connectivity index (χ2n) is 6.96. The van der Waals surface area contributed by atoms with Gasteiger partial charge in [0.25, 0.3) is 5.91 Å². The van der Waals surface area contributed by atoms with Crippen molar-refractivity contribution in [2.45, 2.75) is 12.8 Å². The van der Waals surface area contributed by atoms with Gasteiger partial charge in [-0.05, 0) is 42.7 Å². The largest absolute Gasteiger partial charge is 0.378 e. The topological polar surface area (TPSA) is 79.7 Å². The standard InChI is InChI=1S/C20H27N5O3/c1-23(9-3-4-16-14-21-24(2)15-16)20(27)22-18-7-5-17(6-8-18)19(26)25-10-12-28-13-11-25/h5-8,14-15H,3-4,9-13H2,1-2H3,(H,22,27). The molecule has 3 amide bonds. The van der Waals surface area contributed by atoms with Gasteiger partial charge in [0.05, 0.1) is 19.4 Å². The van der Waals surface area contributed by atoms with Crippen LogP contribution in [0.1, 0.15) is 22.3 Å². The molecule has 1 saturated heterocycles. The number of carbonyl (C=O) groups is 2. The van der Waals surface area contributed by atoms with Crippen LogP contribution < -0.4 is 5.32 Å². The highest BCUT2D eigenvalue weighted by atomic mass is 16.5. The van der Waals surface area contributed by atoms with Gasteiger partial charge in [-0.15, -0.1) is 0 Å². The van der Waals surface area contributed by atoms with Gasteiger partial charge in [-0.2, -0.15) is 5.10 Å². The molecule has 0 atom stereocenters. The average molecular weight is 385 g/mol. The molecule has 0 saturated carbocycles. The molecule has 8 nitrogen and oxygen atoms in total. The minimum Gasteiger partial charge on any atom is -0.378 e. The molecular weight excluding hydrogens is 358 g/mol. The predicted octanol–water partition coefficient (Wildman–Crippen LogP) is 1.99. The number of urea groups is 1. The first kappa shape index (κ1) is 19.9. The number of morpholine rings is 1. The van der Waals surface area contributed by atoms with Crippen LogP contribution in [0.25, 0.3) is 0 Å². The Morgan fingerprint density at radius 1 is 1.21 bits per heavy atom. The molecule has 1 aromatic heterocycles. The van der Waals surface area contributed by atoms with Crippen molar-refractivity contribution in [2.75, 3.05) is 45.2 Å². The zero-order chi connectivity index (χ0) is 19.9. The number of ether oxygens (including phenoxy) is 1. The molecule has 0 spiro atoms. The fraction of sp³-hybridized carbons (Fsp3) is 0.450. The molecular formula is C20H27N5O3. The maximum absolute atomic E-state index is 12.4. The van der Waals surface area contributed by atoms with E-state index >= 15 is 0 Å². The molecule has 28 heavy (non-hydrogen) atoms. The Bertz CT molecular complexity index is 796. The summed E-state index contributed by atoms with van der Waals surface area (Å²) in [6.45, 7) is 3.02. The molecule has 0 unspecified atom stereocenters. The number of aryl methyl sites for hydroxylation is 2. The zero-order valence-corrected chi connectivity index (χ0v) is 16.4. The number of rotatable bonds is 6. The van der Waals surface area contributed by atoms with Crippen LogP contribution in [0, 0.1) is 0 Å². The summed E-state index contributed by atoms with van der Waals surface area (Å²) in [5, 5.41) is 7.01.